The predicted octanol–water partition coefficient (Wildman–Crippen LogP) is 3.76. The van der Waals surface area contributed by atoms with Crippen LogP contribution >= 0.6 is 0 Å². The number of hydrogen-bond acceptors (Lipinski definition) is 6. The van der Waals surface area contributed by atoms with Crippen LogP contribution < -0.4 is 14.8 Å². The van der Waals surface area contributed by atoms with Crippen molar-refractivity contribution in [3.63, 3.8) is 0 Å². The summed E-state index contributed by atoms with van der Waals surface area (Å²) in [5.41, 5.74) is 1.41. The van der Waals surface area contributed by atoms with Crippen LogP contribution in [0.1, 0.15) is 38.2 Å². The first-order chi connectivity index (χ1) is 14.5. The summed E-state index contributed by atoms with van der Waals surface area (Å²) in [6.45, 7) is 0.158. The maximum absolute atomic E-state index is 13.3. The number of benzene rings is 2. The first-order valence-electron chi connectivity index (χ1n) is 9.22. The average molecular weight is 408 g/mol. The number of aromatic carboxylic acids is 1. The minimum atomic E-state index is -1.19. The van der Waals surface area contributed by atoms with Crippen LogP contribution in [0.2, 0.25) is 0 Å². The van der Waals surface area contributed by atoms with Gasteiger partial charge in [0, 0.05) is 11.3 Å². The highest BCUT2D eigenvalue weighted by molar-refractivity contribution is 6.02. The molecule has 154 valence electrons. The fourth-order valence-electron chi connectivity index (χ4n) is 3.66. The molecule has 8 heteroatoms. The van der Waals surface area contributed by atoms with Crippen molar-refractivity contribution in [1.29, 1.82) is 0 Å². The van der Waals surface area contributed by atoms with Gasteiger partial charge in [0.25, 0.3) is 5.91 Å². The number of methoxy groups -OCH3 is 2. The zero-order valence-corrected chi connectivity index (χ0v) is 16.4. The molecular formula is C22H20N2O6. The van der Waals surface area contributed by atoms with E-state index in [1.54, 1.807) is 42.5 Å². The van der Waals surface area contributed by atoms with E-state index in [4.69, 9.17) is 13.9 Å². The number of amides is 1. The molecule has 30 heavy (non-hydrogen) atoms. The third kappa shape index (κ3) is 3.22. The number of furan rings is 1. The van der Waals surface area contributed by atoms with Gasteiger partial charge in [-0.2, -0.15) is 0 Å². The molecule has 1 aromatic heterocycles. The number of carbonyl (C=O) groups is 2. The Bertz CT molecular complexity index is 1090. The number of fused-ring (bicyclic) bond motifs is 1. The van der Waals surface area contributed by atoms with Crippen LogP contribution in [-0.4, -0.2) is 36.1 Å². The molecule has 1 aliphatic rings. The quantitative estimate of drug-likeness (QED) is 0.640. The van der Waals surface area contributed by atoms with Gasteiger partial charge in [0.1, 0.15) is 17.5 Å². The van der Waals surface area contributed by atoms with Crippen molar-refractivity contribution < 1.29 is 28.6 Å². The molecule has 2 aromatic carbocycles. The Labute approximate surface area is 172 Å². The third-order valence-electron chi connectivity index (χ3n) is 5.01. The van der Waals surface area contributed by atoms with Crippen LogP contribution in [0.25, 0.3) is 0 Å². The van der Waals surface area contributed by atoms with Crippen molar-refractivity contribution >= 4 is 17.6 Å². The van der Waals surface area contributed by atoms with E-state index in [0.29, 0.717) is 28.3 Å². The lowest BCUT2D eigenvalue weighted by Crippen LogP contribution is -2.43. The number of carboxylic acid groups (broad SMARTS) is 1. The third-order valence-corrected chi connectivity index (χ3v) is 5.01. The molecule has 2 N–H and O–H groups in total. The van der Waals surface area contributed by atoms with Crippen LogP contribution in [0.3, 0.4) is 0 Å². The zero-order valence-electron chi connectivity index (χ0n) is 16.4. The summed E-state index contributed by atoms with van der Waals surface area (Å²) >= 11 is 0. The number of carbonyl (C=O) groups excluding carboxylic acids is 1. The normalized spacial score (nSPS) is 15.3. The van der Waals surface area contributed by atoms with Gasteiger partial charge in [-0.25, -0.2) is 4.79 Å². The number of para-hydroxylation sites is 1. The lowest BCUT2D eigenvalue weighted by molar-refractivity contribution is 0.0629. The van der Waals surface area contributed by atoms with E-state index in [1.165, 1.54) is 25.4 Å². The van der Waals surface area contributed by atoms with E-state index in [0.717, 1.165) is 0 Å². The molecule has 0 radical (unpaired) electrons. The van der Waals surface area contributed by atoms with Crippen molar-refractivity contribution in [2.24, 2.45) is 0 Å². The summed E-state index contributed by atoms with van der Waals surface area (Å²) in [5.74, 6) is -0.470. The fourth-order valence-corrected chi connectivity index (χ4v) is 3.66. The SMILES string of the molecule is COc1ccc([C@@H]2Nc3ccccc3C(=O)N2Cc2ccco2)c(C(=O)O)c1OC. The van der Waals surface area contributed by atoms with Crippen LogP contribution in [0.5, 0.6) is 11.5 Å². The van der Waals surface area contributed by atoms with Crippen molar-refractivity contribution in [1.82, 2.24) is 4.90 Å². The van der Waals surface area contributed by atoms with Gasteiger partial charge in [-0.15, -0.1) is 0 Å². The van der Waals surface area contributed by atoms with Gasteiger partial charge in [0.05, 0.1) is 32.6 Å². The maximum atomic E-state index is 13.3. The minimum Gasteiger partial charge on any atom is -0.493 e. The summed E-state index contributed by atoms with van der Waals surface area (Å²) in [6, 6.07) is 13.8. The van der Waals surface area contributed by atoms with Crippen LogP contribution in [-0.2, 0) is 6.54 Å². The highest BCUT2D eigenvalue weighted by atomic mass is 16.5. The molecule has 1 atom stereocenters. The molecule has 0 saturated carbocycles. The van der Waals surface area contributed by atoms with Gasteiger partial charge in [-0.05, 0) is 30.3 Å². The molecule has 3 aromatic rings. The largest absolute Gasteiger partial charge is 0.493 e. The number of nitrogens with one attached hydrogen (secondary N) is 1. The Morgan fingerprint density at radius 1 is 1.13 bits per heavy atom. The molecule has 1 aliphatic heterocycles. The Balaban J connectivity index is 1.88. The Morgan fingerprint density at radius 3 is 2.60 bits per heavy atom. The molecule has 1 amide bonds. The van der Waals surface area contributed by atoms with Gasteiger partial charge in [-0.1, -0.05) is 18.2 Å². The summed E-state index contributed by atoms with van der Waals surface area (Å²) in [7, 11) is 2.81. The van der Waals surface area contributed by atoms with Crippen molar-refractivity contribution in [2.75, 3.05) is 19.5 Å². The number of rotatable bonds is 6. The molecule has 0 fully saturated rings. The zero-order chi connectivity index (χ0) is 21.3. The second-order valence-corrected chi connectivity index (χ2v) is 6.68. The van der Waals surface area contributed by atoms with Crippen molar-refractivity contribution in [3.05, 3.63) is 77.2 Å². The molecular weight excluding hydrogens is 388 g/mol. The first-order valence-corrected chi connectivity index (χ1v) is 9.22. The van der Waals surface area contributed by atoms with Gasteiger partial charge >= 0.3 is 5.97 Å². The van der Waals surface area contributed by atoms with Crippen LogP contribution in [0.15, 0.2) is 59.2 Å². The second kappa shape index (κ2) is 7.82. The molecule has 4 rings (SSSR count). The highest BCUT2D eigenvalue weighted by Gasteiger charge is 2.37. The number of hydrogen-bond donors (Lipinski definition) is 2. The Kier molecular flexibility index (Phi) is 5.05. The van der Waals surface area contributed by atoms with E-state index in [2.05, 4.69) is 5.32 Å². The maximum Gasteiger partial charge on any atom is 0.340 e. The average Bonchev–Trinajstić information content (AvgIpc) is 3.27. The molecule has 0 saturated heterocycles. The summed E-state index contributed by atoms with van der Waals surface area (Å²) in [5, 5.41) is 13.2. The fraction of sp³-hybridized carbons (Fsp3) is 0.182. The number of anilines is 1. The van der Waals surface area contributed by atoms with E-state index >= 15 is 0 Å². The highest BCUT2D eigenvalue weighted by Crippen LogP contribution is 2.41. The summed E-state index contributed by atoms with van der Waals surface area (Å²) < 4.78 is 16.0. The lowest BCUT2D eigenvalue weighted by Gasteiger charge is -2.38. The number of ether oxygens (including phenoxy) is 2. The van der Waals surface area contributed by atoms with Crippen LogP contribution in [0, 0.1) is 0 Å². The minimum absolute atomic E-state index is 0.0778. The van der Waals surface area contributed by atoms with Crippen molar-refractivity contribution in [2.45, 2.75) is 12.7 Å². The Hall–Kier alpha value is -3.94. The van der Waals surface area contributed by atoms with Crippen LogP contribution in [0.4, 0.5) is 5.69 Å². The molecule has 2 heterocycles. The van der Waals surface area contributed by atoms with Gasteiger partial charge in [0.15, 0.2) is 11.5 Å². The second-order valence-electron chi connectivity index (χ2n) is 6.68. The lowest BCUT2D eigenvalue weighted by atomic mass is 9.98. The topological polar surface area (TPSA) is 101 Å². The number of carboxylic acids is 1. The van der Waals surface area contributed by atoms with Gasteiger partial charge in [0.2, 0.25) is 0 Å². The molecule has 0 aliphatic carbocycles. The number of nitrogens with zero attached hydrogens (tertiary/aromatic N) is 1. The first kappa shape index (κ1) is 19.4. The predicted molar refractivity (Wildman–Crippen MR) is 108 cm³/mol. The molecule has 0 bridgehead atoms. The molecule has 8 nitrogen and oxygen atoms in total. The monoisotopic (exact) mass is 408 g/mol. The summed E-state index contributed by atoms with van der Waals surface area (Å²) in [4.78, 5) is 27.0. The van der Waals surface area contributed by atoms with E-state index in [-0.39, 0.29) is 23.8 Å². The van der Waals surface area contributed by atoms with Gasteiger partial charge < -0.3 is 29.2 Å². The smallest absolute Gasteiger partial charge is 0.340 e. The van der Waals surface area contributed by atoms with E-state index < -0.39 is 12.1 Å². The van der Waals surface area contributed by atoms with E-state index in [1.807, 2.05) is 6.07 Å². The van der Waals surface area contributed by atoms with Gasteiger partial charge in [-0.3, -0.25) is 4.79 Å². The standard InChI is InChI=1S/C22H20N2O6/c1-28-17-10-9-15(18(22(26)27)19(17)29-2)20-23-16-8-4-3-7-14(16)21(25)24(20)12-13-6-5-11-30-13/h3-11,20,23H,12H2,1-2H3,(H,26,27)/t20-/m1/s1. The van der Waals surface area contributed by atoms with E-state index in [9.17, 15) is 14.7 Å². The summed E-state index contributed by atoms with van der Waals surface area (Å²) in [6.07, 6.45) is 0.766. The Morgan fingerprint density at radius 2 is 1.93 bits per heavy atom. The molecule has 0 unspecified atom stereocenters. The van der Waals surface area contributed by atoms with Crippen molar-refractivity contribution in [3.8, 4) is 11.5 Å². The molecule has 0 spiro atoms.